The lowest BCUT2D eigenvalue weighted by Crippen LogP contribution is -2.37. The molecule has 0 bridgehead atoms. The van der Waals surface area contributed by atoms with Gasteiger partial charge in [-0.3, -0.25) is 4.90 Å². The Morgan fingerprint density at radius 2 is 2.22 bits per heavy atom. The van der Waals surface area contributed by atoms with Crippen LogP contribution in [0.15, 0.2) is 4.52 Å². The number of aromatic nitrogens is 2. The van der Waals surface area contributed by atoms with Gasteiger partial charge in [-0.1, -0.05) is 12.1 Å². The first-order chi connectivity index (χ1) is 10.9. The van der Waals surface area contributed by atoms with Crippen LogP contribution in [-0.4, -0.2) is 73.4 Å². The normalized spacial score (nSPS) is 19.7. The second-order valence-electron chi connectivity index (χ2n) is 5.91. The minimum Gasteiger partial charge on any atom is -0.339 e. The molecule has 1 aromatic rings. The molecule has 1 aliphatic rings. The minimum absolute atomic E-state index is 0.128. The van der Waals surface area contributed by atoms with Crippen molar-refractivity contribution in [3.05, 3.63) is 11.7 Å². The van der Waals surface area contributed by atoms with E-state index in [9.17, 15) is 8.42 Å². The van der Waals surface area contributed by atoms with E-state index in [2.05, 4.69) is 31.7 Å². The summed E-state index contributed by atoms with van der Waals surface area (Å²) in [4.78, 5) is 8.86. The summed E-state index contributed by atoms with van der Waals surface area (Å²) in [6.07, 6.45) is 1.82. The maximum absolute atomic E-state index is 11.4. The van der Waals surface area contributed by atoms with Gasteiger partial charge in [0.2, 0.25) is 15.9 Å². The summed E-state index contributed by atoms with van der Waals surface area (Å²) in [5.41, 5.74) is 0. The Balaban J connectivity index is 1.73. The van der Waals surface area contributed by atoms with Gasteiger partial charge in [0.15, 0.2) is 5.82 Å². The van der Waals surface area contributed by atoms with Crippen molar-refractivity contribution < 1.29 is 12.9 Å². The first-order valence-corrected chi connectivity index (χ1v) is 9.80. The number of likely N-dealkylation sites (tertiary alicyclic amines) is 1. The summed E-state index contributed by atoms with van der Waals surface area (Å²) in [5, 5.41) is 3.99. The minimum atomic E-state index is -3.10. The predicted molar refractivity (Wildman–Crippen MR) is 87.5 cm³/mol. The number of likely N-dealkylation sites (N-methyl/N-ethyl adjacent to an activating group) is 1. The third-order valence-corrected chi connectivity index (χ3v) is 5.61. The average Bonchev–Trinajstić information content (AvgIpc) is 3.16. The summed E-state index contributed by atoms with van der Waals surface area (Å²) in [6, 6.07) is 0.432. The molecule has 1 atom stereocenters. The molecule has 0 radical (unpaired) electrons. The van der Waals surface area contributed by atoms with E-state index in [0.29, 0.717) is 25.0 Å². The molecule has 23 heavy (non-hydrogen) atoms. The van der Waals surface area contributed by atoms with E-state index in [4.69, 9.17) is 4.52 Å². The quantitative estimate of drug-likeness (QED) is 0.677. The second kappa shape index (κ2) is 8.18. The summed E-state index contributed by atoms with van der Waals surface area (Å²) in [7, 11) is -1.03. The lowest BCUT2D eigenvalue weighted by atomic mass is 10.2. The zero-order valence-electron chi connectivity index (χ0n) is 14.2. The second-order valence-corrected chi connectivity index (χ2v) is 8.01. The maximum atomic E-state index is 11.4. The summed E-state index contributed by atoms with van der Waals surface area (Å²) >= 11 is 0. The molecule has 2 rings (SSSR count). The third-order valence-electron chi connectivity index (χ3n) is 4.20. The number of nitrogens with one attached hydrogen (secondary N) is 1. The molecule has 0 spiro atoms. The van der Waals surface area contributed by atoms with E-state index >= 15 is 0 Å². The van der Waals surface area contributed by atoms with Crippen LogP contribution in [0.4, 0.5) is 0 Å². The van der Waals surface area contributed by atoms with Gasteiger partial charge in [0.05, 0.1) is 12.3 Å². The molecular formula is C14H27N5O3S. The van der Waals surface area contributed by atoms with Gasteiger partial charge in [0, 0.05) is 32.1 Å². The lowest BCUT2D eigenvalue weighted by Gasteiger charge is -2.23. The van der Waals surface area contributed by atoms with Crippen LogP contribution in [0.2, 0.25) is 0 Å². The third kappa shape index (κ3) is 5.52. The molecule has 1 fully saturated rings. The van der Waals surface area contributed by atoms with Crippen LogP contribution < -0.4 is 4.72 Å². The number of nitrogens with zero attached hydrogens (tertiary/aromatic N) is 4. The molecule has 1 N–H and O–H groups in total. The molecule has 1 aliphatic heterocycles. The maximum Gasteiger partial charge on any atom is 0.226 e. The molecule has 9 heteroatoms. The molecule has 132 valence electrons. The Bertz CT molecular complexity index is 589. The number of rotatable bonds is 9. The van der Waals surface area contributed by atoms with Gasteiger partial charge in [-0.2, -0.15) is 4.98 Å². The Kier molecular flexibility index (Phi) is 6.51. The van der Waals surface area contributed by atoms with Crippen LogP contribution in [0, 0.1) is 0 Å². The van der Waals surface area contributed by atoms with Crippen LogP contribution in [0.5, 0.6) is 0 Å². The van der Waals surface area contributed by atoms with Gasteiger partial charge in [-0.15, -0.1) is 0 Å². The van der Waals surface area contributed by atoms with Crippen LogP contribution in [0.1, 0.15) is 32.0 Å². The molecular weight excluding hydrogens is 318 g/mol. The topological polar surface area (TPSA) is 91.6 Å². The van der Waals surface area contributed by atoms with Gasteiger partial charge in [-0.25, -0.2) is 13.1 Å². The van der Waals surface area contributed by atoms with Crippen molar-refractivity contribution in [1.29, 1.82) is 0 Å². The van der Waals surface area contributed by atoms with Crippen molar-refractivity contribution in [2.75, 3.05) is 39.0 Å². The van der Waals surface area contributed by atoms with E-state index in [1.165, 1.54) is 0 Å². The van der Waals surface area contributed by atoms with Gasteiger partial charge in [0.1, 0.15) is 0 Å². The highest BCUT2D eigenvalue weighted by Gasteiger charge is 2.26. The smallest absolute Gasteiger partial charge is 0.226 e. The number of sulfonamides is 1. The molecule has 0 aromatic carbocycles. The van der Waals surface area contributed by atoms with Crippen LogP contribution in [0.3, 0.4) is 0 Å². The summed E-state index contributed by atoms with van der Waals surface area (Å²) in [6.45, 7) is 7.43. The van der Waals surface area contributed by atoms with E-state index < -0.39 is 10.0 Å². The lowest BCUT2D eigenvalue weighted by molar-refractivity contribution is 0.218. The highest BCUT2D eigenvalue weighted by atomic mass is 32.2. The SMILES string of the molecule is CCc1nc(CN(C)[C@@H]2CCN(CCNS(=O)(=O)CC)C2)no1. The summed E-state index contributed by atoms with van der Waals surface area (Å²) < 4.78 is 30.6. The highest BCUT2D eigenvalue weighted by molar-refractivity contribution is 7.89. The largest absolute Gasteiger partial charge is 0.339 e. The van der Waals surface area contributed by atoms with Crippen LogP contribution in [0.25, 0.3) is 0 Å². The van der Waals surface area contributed by atoms with Crippen molar-refractivity contribution >= 4 is 10.0 Å². The van der Waals surface area contributed by atoms with E-state index in [0.717, 1.165) is 38.3 Å². The van der Waals surface area contributed by atoms with Crippen LogP contribution in [-0.2, 0) is 23.0 Å². The molecule has 2 heterocycles. The van der Waals surface area contributed by atoms with Crippen molar-refractivity contribution in [2.45, 2.75) is 39.3 Å². The number of aryl methyl sites for hydroxylation is 1. The van der Waals surface area contributed by atoms with Crippen molar-refractivity contribution in [3.63, 3.8) is 0 Å². The zero-order chi connectivity index (χ0) is 16.9. The van der Waals surface area contributed by atoms with Gasteiger partial charge >= 0.3 is 0 Å². The standard InChI is InChI=1S/C14H27N5O3S/c1-4-14-16-13(17-22-14)11-18(3)12-6-8-19(10-12)9-7-15-23(20,21)5-2/h12,15H,4-11H2,1-3H3/t12-/m1/s1. The predicted octanol–water partition coefficient (Wildman–Crippen LogP) is 0.0774. The van der Waals surface area contributed by atoms with Crippen LogP contribution >= 0.6 is 0 Å². The first-order valence-electron chi connectivity index (χ1n) is 8.15. The molecule has 0 aliphatic carbocycles. The summed E-state index contributed by atoms with van der Waals surface area (Å²) in [5.74, 6) is 1.52. The fourth-order valence-electron chi connectivity index (χ4n) is 2.69. The van der Waals surface area contributed by atoms with Crippen molar-refractivity contribution in [1.82, 2.24) is 24.7 Å². The number of hydrogen-bond acceptors (Lipinski definition) is 7. The molecule has 1 aromatic heterocycles. The monoisotopic (exact) mass is 345 g/mol. The first kappa shape index (κ1) is 18.3. The highest BCUT2D eigenvalue weighted by Crippen LogP contribution is 2.15. The Morgan fingerprint density at radius 3 is 2.87 bits per heavy atom. The fourth-order valence-corrected chi connectivity index (χ4v) is 3.29. The zero-order valence-corrected chi connectivity index (χ0v) is 15.0. The van der Waals surface area contributed by atoms with E-state index in [-0.39, 0.29) is 5.75 Å². The average molecular weight is 345 g/mol. The Morgan fingerprint density at radius 1 is 1.43 bits per heavy atom. The van der Waals surface area contributed by atoms with Gasteiger partial charge in [0.25, 0.3) is 0 Å². The molecule has 0 amide bonds. The molecule has 0 saturated carbocycles. The van der Waals surface area contributed by atoms with E-state index in [1.54, 1.807) is 6.92 Å². The number of hydrogen-bond donors (Lipinski definition) is 1. The van der Waals surface area contributed by atoms with Crippen molar-refractivity contribution in [3.8, 4) is 0 Å². The Labute approximate surface area is 138 Å². The van der Waals surface area contributed by atoms with Gasteiger partial charge in [-0.05, 0) is 26.9 Å². The fraction of sp³-hybridized carbons (Fsp3) is 0.857. The Hall–Kier alpha value is -1.03. The van der Waals surface area contributed by atoms with Gasteiger partial charge < -0.3 is 9.42 Å². The molecule has 0 unspecified atom stereocenters. The molecule has 8 nitrogen and oxygen atoms in total. The molecule has 1 saturated heterocycles. The van der Waals surface area contributed by atoms with E-state index in [1.807, 2.05) is 6.92 Å². The van der Waals surface area contributed by atoms with Crippen molar-refractivity contribution in [2.24, 2.45) is 0 Å².